The smallest absolute Gasteiger partial charge is 0.0897 e. The highest BCUT2D eigenvalue weighted by Crippen LogP contribution is 2.22. The van der Waals surface area contributed by atoms with Gasteiger partial charge in [0.2, 0.25) is 0 Å². The monoisotopic (exact) mass is 240 g/mol. The van der Waals surface area contributed by atoms with Crippen molar-refractivity contribution in [3.8, 4) is 0 Å². The van der Waals surface area contributed by atoms with Crippen LogP contribution in [-0.4, -0.2) is 11.5 Å². The van der Waals surface area contributed by atoms with Crippen molar-refractivity contribution in [1.29, 1.82) is 0 Å². The van der Waals surface area contributed by atoms with Crippen LogP contribution in [0.1, 0.15) is 56.5 Å². The maximum absolute atomic E-state index is 4.28. The number of hydrogen-bond donors (Lipinski definition) is 1. The number of aryl methyl sites for hydroxylation is 1. The van der Waals surface area contributed by atoms with Crippen LogP contribution < -0.4 is 5.32 Å². The average Bonchev–Trinajstić information content (AvgIpc) is 2.57. The van der Waals surface area contributed by atoms with Crippen LogP contribution >= 0.6 is 11.3 Å². The topological polar surface area (TPSA) is 24.9 Å². The molecular formula is C13H24N2S. The van der Waals surface area contributed by atoms with Crippen LogP contribution in [0, 0.1) is 12.3 Å². The highest BCUT2D eigenvalue weighted by Gasteiger charge is 2.11. The lowest BCUT2D eigenvalue weighted by atomic mass is 9.90. The molecule has 92 valence electrons. The van der Waals surface area contributed by atoms with E-state index in [1.54, 1.807) is 11.3 Å². The molecule has 0 saturated heterocycles. The fourth-order valence-electron chi connectivity index (χ4n) is 1.62. The average molecular weight is 240 g/mol. The minimum atomic E-state index is 0.436. The number of nitrogens with one attached hydrogen (secondary N) is 1. The van der Waals surface area contributed by atoms with Gasteiger partial charge >= 0.3 is 0 Å². The Balaban J connectivity index is 2.23. The third kappa shape index (κ3) is 5.08. The predicted octanol–water partition coefficient (Wildman–Crippen LogP) is 3.93. The van der Waals surface area contributed by atoms with Gasteiger partial charge in [-0.1, -0.05) is 20.8 Å². The van der Waals surface area contributed by atoms with Gasteiger partial charge in [-0.25, -0.2) is 4.98 Å². The molecule has 1 N–H and O–H groups in total. The van der Waals surface area contributed by atoms with Gasteiger partial charge in [-0.15, -0.1) is 11.3 Å². The molecule has 3 heteroatoms. The Kier molecular flexibility index (Phi) is 4.93. The van der Waals surface area contributed by atoms with E-state index in [-0.39, 0.29) is 0 Å². The van der Waals surface area contributed by atoms with Crippen molar-refractivity contribution in [1.82, 2.24) is 10.3 Å². The van der Waals surface area contributed by atoms with E-state index in [1.807, 2.05) is 6.20 Å². The van der Waals surface area contributed by atoms with E-state index in [2.05, 4.69) is 44.9 Å². The van der Waals surface area contributed by atoms with Gasteiger partial charge in [0.1, 0.15) is 0 Å². The Labute approximate surface area is 103 Å². The summed E-state index contributed by atoms with van der Waals surface area (Å²) in [4.78, 5) is 5.62. The number of hydrogen-bond acceptors (Lipinski definition) is 3. The summed E-state index contributed by atoms with van der Waals surface area (Å²) in [7, 11) is 0. The van der Waals surface area contributed by atoms with Gasteiger partial charge in [-0.05, 0) is 38.6 Å². The molecule has 0 aliphatic carbocycles. The number of rotatable bonds is 5. The maximum Gasteiger partial charge on any atom is 0.0897 e. The second-order valence-electron chi connectivity index (χ2n) is 5.62. The molecule has 1 rings (SSSR count). The standard InChI is InChI=1S/C13H24N2S/c1-10(12-9-15-11(2)16-12)14-8-6-7-13(3,4)5/h9-10,14H,6-8H2,1-5H3. The summed E-state index contributed by atoms with van der Waals surface area (Å²) < 4.78 is 0. The molecule has 1 unspecified atom stereocenters. The predicted molar refractivity (Wildman–Crippen MR) is 72.0 cm³/mol. The molecule has 0 amide bonds. The van der Waals surface area contributed by atoms with Crippen molar-refractivity contribution in [3.05, 3.63) is 16.1 Å². The Bertz CT molecular complexity index is 312. The van der Waals surface area contributed by atoms with Gasteiger partial charge in [0, 0.05) is 17.1 Å². The number of aromatic nitrogens is 1. The molecular weight excluding hydrogens is 216 g/mol. The molecule has 0 aliphatic rings. The molecule has 1 aromatic heterocycles. The summed E-state index contributed by atoms with van der Waals surface area (Å²) in [5, 5.41) is 4.71. The minimum Gasteiger partial charge on any atom is -0.309 e. The fourth-order valence-corrected chi connectivity index (χ4v) is 2.43. The Morgan fingerprint density at radius 3 is 2.62 bits per heavy atom. The Morgan fingerprint density at radius 1 is 1.44 bits per heavy atom. The number of nitrogens with zero attached hydrogens (tertiary/aromatic N) is 1. The van der Waals surface area contributed by atoms with Crippen LogP contribution in [0.2, 0.25) is 0 Å². The highest BCUT2D eigenvalue weighted by molar-refractivity contribution is 7.11. The first kappa shape index (κ1) is 13.7. The molecule has 0 fully saturated rings. The van der Waals surface area contributed by atoms with Gasteiger partial charge < -0.3 is 5.32 Å². The molecule has 0 radical (unpaired) electrons. The van der Waals surface area contributed by atoms with E-state index in [4.69, 9.17) is 0 Å². The van der Waals surface area contributed by atoms with Gasteiger partial charge in [0.05, 0.1) is 5.01 Å². The molecule has 0 saturated carbocycles. The van der Waals surface area contributed by atoms with E-state index in [1.165, 1.54) is 17.7 Å². The number of thiazole rings is 1. The first-order valence-corrected chi connectivity index (χ1v) is 6.86. The van der Waals surface area contributed by atoms with E-state index < -0.39 is 0 Å². The molecule has 0 spiro atoms. The molecule has 0 aromatic carbocycles. The quantitative estimate of drug-likeness (QED) is 0.789. The molecule has 16 heavy (non-hydrogen) atoms. The van der Waals surface area contributed by atoms with Crippen LogP contribution in [0.4, 0.5) is 0 Å². The van der Waals surface area contributed by atoms with Crippen LogP contribution in [-0.2, 0) is 0 Å². The highest BCUT2D eigenvalue weighted by atomic mass is 32.1. The van der Waals surface area contributed by atoms with E-state index >= 15 is 0 Å². The second-order valence-corrected chi connectivity index (χ2v) is 6.89. The van der Waals surface area contributed by atoms with Crippen molar-refractivity contribution in [2.45, 2.75) is 53.5 Å². The van der Waals surface area contributed by atoms with E-state index in [0.29, 0.717) is 11.5 Å². The fraction of sp³-hybridized carbons (Fsp3) is 0.769. The first-order chi connectivity index (χ1) is 7.38. The summed E-state index contributed by atoms with van der Waals surface area (Å²) >= 11 is 1.79. The molecule has 1 aromatic rings. The largest absolute Gasteiger partial charge is 0.309 e. The van der Waals surface area contributed by atoms with Crippen LogP contribution in [0.3, 0.4) is 0 Å². The summed E-state index contributed by atoms with van der Waals surface area (Å²) in [5.41, 5.74) is 0.450. The molecule has 1 atom stereocenters. The zero-order valence-electron chi connectivity index (χ0n) is 11.1. The lowest BCUT2D eigenvalue weighted by Gasteiger charge is -2.19. The maximum atomic E-state index is 4.28. The molecule has 1 heterocycles. The lowest BCUT2D eigenvalue weighted by molar-refractivity contribution is 0.357. The van der Waals surface area contributed by atoms with Gasteiger partial charge in [0.25, 0.3) is 0 Å². The van der Waals surface area contributed by atoms with E-state index in [9.17, 15) is 0 Å². The van der Waals surface area contributed by atoms with Crippen LogP contribution in [0.5, 0.6) is 0 Å². The van der Waals surface area contributed by atoms with Gasteiger partial charge in [-0.2, -0.15) is 0 Å². The summed E-state index contributed by atoms with van der Waals surface area (Å²) in [6.07, 6.45) is 4.50. The normalized spacial score (nSPS) is 14.1. The van der Waals surface area contributed by atoms with Crippen molar-refractivity contribution < 1.29 is 0 Å². The zero-order valence-corrected chi connectivity index (χ0v) is 11.9. The van der Waals surface area contributed by atoms with Crippen molar-refractivity contribution >= 4 is 11.3 Å². The van der Waals surface area contributed by atoms with Crippen molar-refractivity contribution in [3.63, 3.8) is 0 Å². The molecule has 2 nitrogen and oxygen atoms in total. The third-order valence-corrected chi connectivity index (χ3v) is 3.72. The zero-order chi connectivity index (χ0) is 12.2. The summed E-state index contributed by atoms with van der Waals surface area (Å²) in [6, 6.07) is 0.436. The van der Waals surface area contributed by atoms with Crippen molar-refractivity contribution in [2.24, 2.45) is 5.41 Å². The SMILES string of the molecule is Cc1ncc(C(C)NCCCC(C)(C)C)s1. The van der Waals surface area contributed by atoms with Crippen LogP contribution in [0.15, 0.2) is 6.20 Å². The van der Waals surface area contributed by atoms with Gasteiger partial charge in [0.15, 0.2) is 0 Å². The summed E-state index contributed by atoms with van der Waals surface area (Å²) in [6.45, 7) is 12.2. The first-order valence-electron chi connectivity index (χ1n) is 6.04. The molecule has 0 bridgehead atoms. The van der Waals surface area contributed by atoms with Crippen LogP contribution in [0.25, 0.3) is 0 Å². The summed E-state index contributed by atoms with van der Waals surface area (Å²) in [5.74, 6) is 0. The van der Waals surface area contributed by atoms with Gasteiger partial charge in [-0.3, -0.25) is 0 Å². The Morgan fingerprint density at radius 2 is 2.12 bits per heavy atom. The minimum absolute atomic E-state index is 0.436. The lowest BCUT2D eigenvalue weighted by Crippen LogP contribution is -2.20. The third-order valence-electron chi connectivity index (χ3n) is 2.62. The Hall–Kier alpha value is -0.410. The van der Waals surface area contributed by atoms with E-state index in [0.717, 1.165) is 11.6 Å². The molecule has 0 aliphatic heterocycles. The second kappa shape index (κ2) is 5.78. The van der Waals surface area contributed by atoms with Crippen molar-refractivity contribution in [2.75, 3.05) is 6.54 Å².